The van der Waals surface area contributed by atoms with E-state index in [0.29, 0.717) is 12.1 Å². The first-order valence-electron chi connectivity index (χ1n) is 6.27. The SMILES string of the molecule is CCCS(=O)(=O)NCC#Cc1ccc(NC(C)=O)cc1. The number of carbonyl (C=O) groups excluding carboxylic acids is 1. The third kappa shape index (κ3) is 6.36. The van der Waals surface area contributed by atoms with Gasteiger partial charge in [-0.05, 0) is 30.7 Å². The van der Waals surface area contributed by atoms with Crippen LogP contribution in [-0.2, 0) is 14.8 Å². The topological polar surface area (TPSA) is 75.3 Å². The zero-order valence-corrected chi connectivity index (χ0v) is 12.4. The molecule has 0 heterocycles. The average Bonchev–Trinajstić information content (AvgIpc) is 2.36. The third-order valence-corrected chi connectivity index (χ3v) is 3.82. The van der Waals surface area contributed by atoms with Crippen molar-refractivity contribution in [3.63, 3.8) is 0 Å². The highest BCUT2D eigenvalue weighted by atomic mass is 32.2. The van der Waals surface area contributed by atoms with Crippen molar-refractivity contribution in [3.8, 4) is 11.8 Å². The van der Waals surface area contributed by atoms with Gasteiger partial charge in [0.1, 0.15) is 0 Å². The van der Waals surface area contributed by atoms with E-state index in [1.807, 2.05) is 6.92 Å². The zero-order valence-electron chi connectivity index (χ0n) is 11.6. The molecule has 0 aliphatic carbocycles. The second-order valence-electron chi connectivity index (χ2n) is 4.20. The first-order valence-corrected chi connectivity index (χ1v) is 7.92. The number of hydrogen-bond acceptors (Lipinski definition) is 3. The van der Waals surface area contributed by atoms with E-state index in [0.717, 1.165) is 5.56 Å². The molecular weight excluding hydrogens is 276 g/mol. The first kappa shape index (κ1) is 16.2. The quantitative estimate of drug-likeness (QED) is 0.804. The van der Waals surface area contributed by atoms with Crippen molar-refractivity contribution in [1.29, 1.82) is 0 Å². The number of nitrogens with one attached hydrogen (secondary N) is 2. The van der Waals surface area contributed by atoms with Gasteiger partial charge in [0.25, 0.3) is 0 Å². The second kappa shape index (κ2) is 7.68. The van der Waals surface area contributed by atoms with Crippen molar-refractivity contribution in [2.24, 2.45) is 0 Å². The number of benzene rings is 1. The fraction of sp³-hybridized carbons (Fsp3) is 0.357. The molecule has 0 saturated heterocycles. The summed E-state index contributed by atoms with van der Waals surface area (Å²) < 4.78 is 25.1. The summed E-state index contributed by atoms with van der Waals surface area (Å²) in [7, 11) is -3.21. The minimum atomic E-state index is -3.21. The molecule has 1 amide bonds. The van der Waals surface area contributed by atoms with E-state index < -0.39 is 10.0 Å². The summed E-state index contributed by atoms with van der Waals surface area (Å²) in [5.41, 5.74) is 1.46. The van der Waals surface area contributed by atoms with Crippen molar-refractivity contribution in [2.45, 2.75) is 20.3 Å². The average molecular weight is 294 g/mol. The summed E-state index contributed by atoms with van der Waals surface area (Å²) >= 11 is 0. The predicted molar refractivity (Wildman–Crippen MR) is 79.7 cm³/mol. The number of anilines is 1. The monoisotopic (exact) mass is 294 g/mol. The van der Waals surface area contributed by atoms with E-state index in [1.54, 1.807) is 24.3 Å². The molecule has 0 unspecified atom stereocenters. The van der Waals surface area contributed by atoms with Crippen LogP contribution in [0, 0.1) is 11.8 Å². The number of carbonyl (C=O) groups is 1. The predicted octanol–water partition coefficient (Wildman–Crippen LogP) is 1.33. The van der Waals surface area contributed by atoms with Crippen LogP contribution in [0.5, 0.6) is 0 Å². The Hall–Kier alpha value is -1.84. The molecule has 5 nitrogen and oxygen atoms in total. The maximum Gasteiger partial charge on any atom is 0.221 e. The molecule has 0 aromatic heterocycles. The van der Waals surface area contributed by atoms with Gasteiger partial charge in [0.2, 0.25) is 15.9 Å². The highest BCUT2D eigenvalue weighted by Crippen LogP contribution is 2.08. The lowest BCUT2D eigenvalue weighted by Crippen LogP contribution is -2.26. The van der Waals surface area contributed by atoms with Crippen LogP contribution in [0.15, 0.2) is 24.3 Å². The lowest BCUT2D eigenvalue weighted by Gasteiger charge is -2.01. The lowest BCUT2D eigenvalue weighted by molar-refractivity contribution is -0.114. The van der Waals surface area contributed by atoms with Crippen LogP contribution in [-0.4, -0.2) is 26.6 Å². The Morgan fingerprint density at radius 3 is 2.45 bits per heavy atom. The fourth-order valence-corrected chi connectivity index (χ4v) is 2.45. The van der Waals surface area contributed by atoms with Gasteiger partial charge < -0.3 is 5.32 Å². The van der Waals surface area contributed by atoms with E-state index in [1.165, 1.54) is 6.92 Å². The van der Waals surface area contributed by atoms with Gasteiger partial charge in [-0.2, -0.15) is 0 Å². The van der Waals surface area contributed by atoms with Crippen LogP contribution < -0.4 is 10.0 Å². The maximum atomic E-state index is 11.4. The fourth-order valence-electron chi connectivity index (χ4n) is 1.47. The molecule has 0 bridgehead atoms. The summed E-state index contributed by atoms with van der Waals surface area (Å²) in [4.78, 5) is 10.9. The van der Waals surface area contributed by atoms with Gasteiger partial charge in [0.15, 0.2) is 0 Å². The molecule has 0 aliphatic heterocycles. The first-order chi connectivity index (χ1) is 9.43. The Balaban J connectivity index is 2.54. The Kier molecular flexibility index (Phi) is 6.22. The van der Waals surface area contributed by atoms with E-state index >= 15 is 0 Å². The zero-order chi connectivity index (χ0) is 15.0. The number of hydrogen-bond donors (Lipinski definition) is 2. The number of amides is 1. The van der Waals surface area contributed by atoms with Gasteiger partial charge in [-0.1, -0.05) is 18.8 Å². The lowest BCUT2D eigenvalue weighted by atomic mass is 10.2. The van der Waals surface area contributed by atoms with Gasteiger partial charge in [-0.15, -0.1) is 0 Å². The highest BCUT2D eigenvalue weighted by Gasteiger charge is 2.05. The van der Waals surface area contributed by atoms with Crippen molar-refractivity contribution in [2.75, 3.05) is 17.6 Å². The van der Waals surface area contributed by atoms with E-state index in [2.05, 4.69) is 21.9 Å². The van der Waals surface area contributed by atoms with E-state index in [4.69, 9.17) is 0 Å². The summed E-state index contributed by atoms with van der Waals surface area (Å²) in [6.45, 7) is 3.34. The molecule has 0 radical (unpaired) electrons. The molecule has 0 saturated carbocycles. The minimum absolute atomic E-state index is 0.0930. The molecule has 1 aromatic rings. The van der Waals surface area contributed by atoms with E-state index in [9.17, 15) is 13.2 Å². The van der Waals surface area contributed by atoms with Crippen LogP contribution in [0.1, 0.15) is 25.8 Å². The van der Waals surface area contributed by atoms with Gasteiger partial charge >= 0.3 is 0 Å². The van der Waals surface area contributed by atoms with Gasteiger partial charge in [-0.3, -0.25) is 4.79 Å². The smallest absolute Gasteiger partial charge is 0.221 e. The van der Waals surface area contributed by atoms with Gasteiger partial charge in [0.05, 0.1) is 12.3 Å². The van der Waals surface area contributed by atoms with Crippen LogP contribution in [0.25, 0.3) is 0 Å². The Labute approximate surface area is 119 Å². The molecule has 0 aliphatic rings. The normalized spacial score (nSPS) is 10.5. The van der Waals surface area contributed by atoms with Crippen LogP contribution in [0.4, 0.5) is 5.69 Å². The molecule has 0 atom stereocenters. The summed E-state index contributed by atoms with van der Waals surface area (Å²) in [6.07, 6.45) is 0.577. The number of sulfonamides is 1. The standard InChI is InChI=1S/C14H18N2O3S/c1-3-11-20(18,19)15-10-4-5-13-6-8-14(9-7-13)16-12(2)17/h6-9,15H,3,10-11H2,1-2H3,(H,16,17). The maximum absolute atomic E-state index is 11.4. The molecule has 6 heteroatoms. The Morgan fingerprint density at radius 2 is 1.90 bits per heavy atom. The minimum Gasteiger partial charge on any atom is -0.326 e. The Bertz CT molecular complexity index is 610. The molecule has 2 N–H and O–H groups in total. The second-order valence-corrected chi connectivity index (χ2v) is 6.13. The summed E-state index contributed by atoms with van der Waals surface area (Å²) in [6, 6.07) is 7.01. The third-order valence-electron chi connectivity index (χ3n) is 2.29. The van der Waals surface area contributed by atoms with E-state index in [-0.39, 0.29) is 18.2 Å². The van der Waals surface area contributed by atoms with Crippen molar-refractivity contribution in [1.82, 2.24) is 4.72 Å². The van der Waals surface area contributed by atoms with Crippen LogP contribution >= 0.6 is 0 Å². The molecule has 1 rings (SSSR count). The molecule has 1 aromatic carbocycles. The molecular formula is C14H18N2O3S. The number of rotatable bonds is 5. The molecule has 0 spiro atoms. The van der Waals surface area contributed by atoms with Crippen molar-refractivity contribution >= 4 is 21.6 Å². The van der Waals surface area contributed by atoms with Crippen LogP contribution in [0.3, 0.4) is 0 Å². The van der Waals surface area contributed by atoms with Crippen molar-refractivity contribution in [3.05, 3.63) is 29.8 Å². The molecule has 20 heavy (non-hydrogen) atoms. The van der Waals surface area contributed by atoms with Crippen molar-refractivity contribution < 1.29 is 13.2 Å². The molecule has 108 valence electrons. The summed E-state index contributed by atoms with van der Waals surface area (Å²) in [5.74, 6) is 5.58. The summed E-state index contributed by atoms with van der Waals surface area (Å²) in [5, 5.41) is 2.65. The van der Waals surface area contributed by atoms with Gasteiger partial charge in [0, 0.05) is 18.2 Å². The Morgan fingerprint density at radius 1 is 1.25 bits per heavy atom. The van der Waals surface area contributed by atoms with Crippen LogP contribution in [0.2, 0.25) is 0 Å². The highest BCUT2D eigenvalue weighted by molar-refractivity contribution is 7.89. The van der Waals surface area contributed by atoms with Gasteiger partial charge in [-0.25, -0.2) is 13.1 Å². The largest absolute Gasteiger partial charge is 0.326 e. The molecule has 0 fully saturated rings.